The van der Waals surface area contributed by atoms with Crippen molar-refractivity contribution in [1.29, 1.82) is 0 Å². The van der Waals surface area contributed by atoms with E-state index in [9.17, 15) is 9.59 Å². The van der Waals surface area contributed by atoms with Gasteiger partial charge in [-0.2, -0.15) is 0 Å². The van der Waals surface area contributed by atoms with Crippen LogP contribution in [0.3, 0.4) is 0 Å². The van der Waals surface area contributed by atoms with Gasteiger partial charge in [-0.25, -0.2) is 4.79 Å². The molecule has 27 heavy (non-hydrogen) atoms. The SMILES string of the molecule is CC(C)NC(=O)NCc1ccc(C(=O)NCCOc2ccc(Cl)cc2)cc1. The molecular formula is C20H24ClN3O3. The standard InChI is InChI=1S/C20H24ClN3O3/c1-14(2)24-20(26)23-13-15-3-5-16(6-4-15)19(25)22-11-12-27-18-9-7-17(21)8-10-18/h3-10,14H,11-13H2,1-2H3,(H,22,25)(H2,23,24,26). The lowest BCUT2D eigenvalue weighted by atomic mass is 10.1. The van der Waals surface area contributed by atoms with Gasteiger partial charge in [0.15, 0.2) is 0 Å². The molecule has 0 saturated heterocycles. The third-order valence-electron chi connectivity index (χ3n) is 3.56. The highest BCUT2D eigenvalue weighted by Gasteiger charge is 2.06. The van der Waals surface area contributed by atoms with Crippen LogP contribution in [0.4, 0.5) is 4.79 Å². The number of halogens is 1. The van der Waals surface area contributed by atoms with E-state index in [0.717, 1.165) is 5.56 Å². The Balaban J connectivity index is 1.71. The second-order valence-electron chi connectivity index (χ2n) is 6.24. The molecule has 0 atom stereocenters. The molecule has 0 aliphatic heterocycles. The number of ether oxygens (including phenoxy) is 1. The highest BCUT2D eigenvalue weighted by molar-refractivity contribution is 6.30. The van der Waals surface area contributed by atoms with Gasteiger partial charge in [-0.05, 0) is 55.8 Å². The highest BCUT2D eigenvalue weighted by atomic mass is 35.5. The summed E-state index contributed by atoms with van der Waals surface area (Å²) in [5.41, 5.74) is 1.47. The lowest BCUT2D eigenvalue weighted by Gasteiger charge is -2.11. The van der Waals surface area contributed by atoms with Crippen molar-refractivity contribution in [3.05, 3.63) is 64.7 Å². The zero-order chi connectivity index (χ0) is 19.6. The van der Waals surface area contributed by atoms with Gasteiger partial charge in [0.25, 0.3) is 5.91 Å². The predicted octanol–water partition coefficient (Wildman–Crippen LogP) is 3.36. The molecule has 0 fully saturated rings. The molecule has 0 aliphatic carbocycles. The van der Waals surface area contributed by atoms with Gasteiger partial charge in [-0.3, -0.25) is 4.79 Å². The first-order chi connectivity index (χ1) is 12.9. The van der Waals surface area contributed by atoms with Gasteiger partial charge in [0.2, 0.25) is 0 Å². The maximum atomic E-state index is 12.1. The molecule has 7 heteroatoms. The van der Waals surface area contributed by atoms with E-state index >= 15 is 0 Å². The summed E-state index contributed by atoms with van der Waals surface area (Å²) in [5, 5.41) is 8.97. The average molecular weight is 390 g/mol. The van der Waals surface area contributed by atoms with Gasteiger partial charge in [0, 0.05) is 23.2 Å². The largest absolute Gasteiger partial charge is 0.492 e. The van der Waals surface area contributed by atoms with Gasteiger partial charge in [0.1, 0.15) is 12.4 Å². The van der Waals surface area contributed by atoms with E-state index in [2.05, 4.69) is 16.0 Å². The first kappa shape index (κ1) is 20.6. The molecule has 3 amide bonds. The Labute approximate surface area is 164 Å². The Morgan fingerprint density at radius 3 is 2.30 bits per heavy atom. The van der Waals surface area contributed by atoms with Crippen molar-refractivity contribution in [3.8, 4) is 5.75 Å². The maximum absolute atomic E-state index is 12.1. The quantitative estimate of drug-likeness (QED) is 0.606. The van der Waals surface area contributed by atoms with Crippen LogP contribution in [-0.4, -0.2) is 31.1 Å². The number of hydrogen-bond acceptors (Lipinski definition) is 3. The number of rotatable bonds is 8. The zero-order valence-electron chi connectivity index (χ0n) is 15.4. The summed E-state index contributed by atoms with van der Waals surface area (Å²) in [6.45, 7) is 4.94. The number of hydrogen-bond donors (Lipinski definition) is 3. The van der Waals surface area contributed by atoms with Crippen molar-refractivity contribution in [3.63, 3.8) is 0 Å². The average Bonchev–Trinajstić information content (AvgIpc) is 2.64. The van der Waals surface area contributed by atoms with Gasteiger partial charge < -0.3 is 20.7 Å². The molecule has 0 aromatic heterocycles. The Bertz CT molecular complexity index is 746. The van der Waals surface area contributed by atoms with Crippen molar-refractivity contribution in [2.75, 3.05) is 13.2 Å². The molecule has 2 aromatic rings. The molecule has 3 N–H and O–H groups in total. The van der Waals surface area contributed by atoms with Gasteiger partial charge >= 0.3 is 6.03 Å². The van der Waals surface area contributed by atoms with Gasteiger partial charge in [0.05, 0.1) is 6.54 Å². The van der Waals surface area contributed by atoms with Crippen LogP contribution in [-0.2, 0) is 6.54 Å². The van der Waals surface area contributed by atoms with Gasteiger partial charge in [-0.1, -0.05) is 23.7 Å². The molecule has 0 heterocycles. The maximum Gasteiger partial charge on any atom is 0.315 e. The minimum absolute atomic E-state index is 0.0831. The molecule has 2 aromatic carbocycles. The number of carbonyl (C=O) groups excluding carboxylic acids is 2. The van der Waals surface area contributed by atoms with Crippen molar-refractivity contribution in [1.82, 2.24) is 16.0 Å². The van der Waals surface area contributed by atoms with Crippen LogP contribution in [0.5, 0.6) is 5.75 Å². The predicted molar refractivity (Wildman–Crippen MR) is 106 cm³/mol. The highest BCUT2D eigenvalue weighted by Crippen LogP contribution is 2.15. The molecule has 0 unspecified atom stereocenters. The van der Waals surface area contributed by atoms with E-state index in [1.165, 1.54) is 0 Å². The molecule has 0 bridgehead atoms. The second-order valence-corrected chi connectivity index (χ2v) is 6.67. The number of benzene rings is 2. The van der Waals surface area contributed by atoms with Gasteiger partial charge in [-0.15, -0.1) is 0 Å². The van der Waals surface area contributed by atoms with Crippen LogP contribution in [0.1, 0.15) is 29.8 Å². The van der Waals surface area contributed by atoms with Crippen molar-refractivity contribution in [2.45, 2.75) is 26.4 Å². The van der Waals surface area contributed by atoms with E-state index in [4.69, 9.17) is 16.3 Å². The topological polar surface area (TPSA) is 79.5 Å². The normalized spacial score (nSPS) is 10.4. The number of carbonyl (C=O) groups is 2. The fraction of sp³-hybridized carbons (Fsp3) is 0.300. The molecule has 144 valence electrons. The summed E-state index contributed by atoms with van der Waals surface area (Å²) in [4.78, 5) is 23.7. The van der Waals surface area contributed by atoms with Crippen LogP contribution in [0.2, 0.25) is 5.02 Å². The Morgan fingerprint density at radius 1 is 1.00 bits per heavy atom. The van der Waals surface area contributed by atoms with E-state index in [1.54, 1.807) is 36.4 Å². The minimum Gasteiger partial charge on any atom is -0.492 e. The summed E-state index contributed by atoms with van der Waals surface area (Å²) in [6.07, 6.45) is 0. The van der Waals surface area contributed by atoms with Crippen LogP contribution >= 0.6 is 11.6 Å². The smallest absolute Gasteiger partial charge is 0.315 e. The van der Waals surface area contributed by atoms with Crippen molar-refractivity contribution in [2.24, 2.45) is 0 Å². The molecule has 0 spiro atoms. The van der Waals surface area contributed by atoms with E-state index in [1.807, 2.05) is 26.0 Å². The first-order valence-electron chi connectivity index (χ1n) is 8.74. The van der Waals surface area contributed by atoms with Crippen LogP contribution < -0.4 is 20.7 Å². The van der Waals surface area contributed by atoms with Crippen molar-refractivity contribution < 1.29 is 14.3 Å². The zero-order valence-corrected chi connectivity index (χ0v) is 16.2. The summed E-state index contributed by atoms with van der Waals surface area (Å²) in [5.74, 6) is 0.527. The number of nitrogens with one attached hydrogen (secondary N) is 3. The Morgan fingerprint density at radius 2 is 1.67 bits per heavy atom. The lowest BCUT2D eigenvalue weighted by Crippen LogP contribution is -2.39. The van der Waals surface area contributed by atoms with Crippen LogP contribution in [0.15, 0.2) is 48.5 Å². The molecule has 0 aliphatic rings. The molecular weight excluding hydrogens is 366 g/mol. The third kappa shape index (κ3) is 7.58. The van der Waals surface area contributed by atoms with Crippen LogP contribution in [0, 0.1) is 0 Å². The van der Waals surface area contributed by atoms with E-state index < -0.39 is 0 Å². The monoisotopic (exact) mass is 389 g/mol. The fourth-order valence-corrected chi connectivity index (χ4v) is 2.36. The van der Waals surface area contributed by atoms with E-state index in [0.29, 0.717) is 36.0 Å². The van der Waals surface area contributed by atoms with Crippen molar-refractivity contribution >= 4 is 23.5 Å². The Kier molecular flexibility index (Phi) is 7.95. The van der Waals surface area contributed by atoms with E-state index in [-0.39, 0.29) is 18.0 Å². The lowest BCUT2D eigenvalue weighted by molar-refractivity contribution is 0.0947. The summed E-state index contributed by atoms with van der Waals surface area (Å²) in [6, 6.07) is 14.0. The number of urea groups is 1. The fourth-order valence-electron chi connectivity index (χ4n) is 2.24. The molecule has 0 radical (unpaired) electrons. The summed E-state index contributed by atoms with van der Waals surface area (Å²) in [7, 11) is 0. The third-order valence-corrected chi connectivity index (χ3v) is 3.81. The minimum atomic E-state index is -0.215. The molecule has 6 nitrogen and oxygen atoms in total. The molecule has 0 saturated carbocycles. The summed E-state index contributed by atoms with van der Waals surface area (Å²) >= 11 is 5.81. The summed E-state index contributed by atoms with van der Waals surface area (Å²) < 4.78 is 5.53. The Hall–Kier alpha value is -2.73. The van der Waals surface area contributed by atoms with Crippen LogP contribution in [0.25, 0.3) is 0 Å². The molecule has 2 rings (SSSR count). The second kappa shape index (κ2) is 10.4. The number of amides is 3. The first-order valence-corrected chi connectivity index (χ1v) is 9.11.